The topological polar surface area (TPSA) is 41.5 Å². The van der Waals surface area contributed by atoms with Crippen LogP contribution in [0.2, 0.25) is 0 Å². The van der Waals surface area contributed by atoms with E-state index in [1.807, 2.05) is 18.3 Å². The molecule has 2 unspecified atom stereocenters. The smallest absolute Gasteiger partial charge is 0.147 e. The maximum Gasteiger partial charge on any atom is 0.147 e. The number of likely N-dealkylation sites (N-methyl/N-ethyl adjacent to an activating group) is 1. The molecule has 1 fully saturated rings. The molecule has 2 aromatic rings. The maximum absolute atomic E-state index is 5.26. The number of benzene rings is 1. The second-order valence-electron chi connectivity index (χ2n) is 5.88. The number of anilines is 1. The SMILES string of the molecule is COc1ccc(C2CN(c3cnccn3)CC2N(C)C)cc1. The van der Waals surface area contributed by atoms with Crippen LogP contribution in [0.1, 0.15) is 11.5 Å². The lowest BCUT2D eigenvalue weighted by atomic mass is 9.93. The van der Waals surface area contributed by atoms with Crippen LogP contribution in [0.5, 0.6) is 5.75 Å². The first-order chi connectivity index (χ1) is 10.7. The lowest BCUT2D eigenvalue weighted by Gasteiger charge is -2.25. The van der Waals surface area contributed by atoms with Crippen molar-refractivity contribution in [2.45, 2.75) is 12.0 Å². The van der Waals surface area contributed by atoms with Gasteiger partial charge in [0.05, 0.1) is 13.3 Å². The van der Waals surface area contributed by atoms with E-state index in [4.69, 9.17) is 4.74 Å². The van der Waals surface area contributed by atoms with Crippen LogP contribution in [0, 0.1) is 0 Å². The predicted octanol–water partition coefficient (Wildman–Crippen LogP) is 2.02. The molecule has 0 spiro atoms. The minimum Gasteiger partial charge on any atom is -0.497 e. The Bertz CT molecular complexity index is 600. The van der Waals surface area contributed by atoms with Gasteiger partial charge in [0.1, 0.15) is 11.6 Å². The highest BCUT2D eigenvalue weighted by Gasteiger charge is 2.35. The van der Waals surface area contributed by atoms with Gasteiger partial charge in [-0.25, -0.2) is 4.98 Å². The molecule has 5 heteroatoms. The van der Waals surface area contributed by atoms with Gasteiger partial charge in [-0.05, 0) is 31.8 Å². The van der Waals surface area contributed by atoms with Crippen molar-refractivity contribution in [3.8, 4) is 5.75 Å². The lowest BCUT2D eigenvalue weighted by Crippen LogP contribution is -2.34. The molecule has 0 amide bonds. The molecule has 1 aliphatic rings. The Labute approximate surface area is 131 Å². The summed E-state index contributed by atoms with van der Waals surface area (Å²) in [5, 5.41) is 0. The third kappa shape index (κ3) is 2.90. The zero-order valence-electron chi connectivity index (χ0n) is 13.3. The van der Waals surface area contributed by atoms with Gasteiger partial charge in [0.15, 0.2) is 0 Å². The summed E-state index contributed by atoms with van der Waals surface area (Å²) in [4.78, 5) is 13.2. The largest absolute Gasteiger partial charge is 0.497 e. The molecule has 2 heterocycles. The van der Waals surface area contributed by atoms with Crippen LogP contribution in [0.25, 0.3) is 0 Å². The maximum atomic E-state index is 5.26. The number of ether oxygens (including phenoxy) is 1. The number of aromatic nitrogens is 2. The van der Waals surface area contributed by atoms with Crippen molar-refractivity contribution < 1.29 is 4.74 Å². The van der Waals surface area contributed by atoms with E-state index in [0.29, 0.717) is 12.0 Å². The highest BCUT2D eigenvalue weighted by molar-refractivity contribution is 5.42. The fraction of sp³-hybridized carbons (Fsp3) is 0.412. The minimum absolute atomic E-state index is 0.447. The molecule has 2 atom stereocenters. The number of hydrogen-bond donors (Lipinski definition) is 0. The van der Waals surface area contributed by atoms with Crippen LogP contribution < -0.4 is 9.64 Å². The minimum atomic E-state index is 0.447. The molecule has 116 valence electrons. The molecule has 0 radical (unpaired) electrons. The van der Waals surface area contributed by atoms with Gasteiger partial charge in [0, 0.05) is 37.4 Å². The van der Waals surface area contributed by atoms with Crippen LogP contribution in [-0.2, 0) is 0 Å². The van der Waals surface area contributed by atoms with Gasteiger partial charge in [-0.15, -0.1) is 0 Å². The standard InChI is InChI=1S/C17H22N4O/c1-20(2)16-12-21(17-10-18-8-9-19-17)11-15(16)13-4-6-14(22-3)7-5-13/h4-10,15-16H,11-12H2,1-3H3. The Morgan fingerprint density at radius 2 is 1.91 bits per heavy atom. The van der Waals surface area contributed by atoms with Crippen LogP contribution in [0.4, 0.5) is 5.82 Å². The summed E-state index contributed by atoms with van der Waals surface area (Å²) < 4.78 is 5.26. The molecule has 1 aliphatic heterocycles. The molecule has 22 heavy (non-hydrogen) atoms. The highest BCUT2D eigenvalue weighted by Crippen LogP contribution is 2.33. The second kappa shape index (κ2) is 6.32. The van der Waals surface area contributed by atoms with Gasteiger partial charge in [-0.3, -0.25) is 4.98 Å². The average molecular weight is 298 g/mol. The van der Waals surface area contributed by atoms with E-state index in [2.05, 4.69) is 46.0 Å². The normalized spacial score (nSPS) is 21.4. The zero-order chi connectivity index (χ0) is 15.5. The zero-order valence-corrected chi connectivity index (χ0v) is 13.3. The van der Waals surface area contributed by atoms with Crippen molar-refractivity contribution in [3.05, 3.63) is 48.4 Å². The number of hydrogen-bond acceptors (Lipinski definition) is 5. The lowest BCUT2D eigenvalue weighted by molar-refractivity contribution is 0.292. The Morgan fingerprint density at radius 1 is 1.14 bits per heavy atom. The molecule has 0 saturated carbocycles. The molecule has 0 N–H and O–H groups in total. The number of rotatable bonds is 4. The van der Waals surface area contributed by atoms with Gasteiger partial charge >= 0.3 is 0 Å². The van der Waals surface area contributed by atoms with Crippen molar-refractivity contribution in [1.82, 2.24) is 14.9 Å². The third-order valence-electron chi connectivity index (χ3n) is 4.37. The van der Waals surface area contributed by atoms with Crippen LogP contribution in [0.3, 0.4) is 0 Å². The first kappa shape index (κ1) is 14.8. The second-order valence-corrected chi connectivity index (χ2v) is 5.88. The summed E-state index contributed by atoms with van der Waals surface area (Å²) in [6.45, 7) is 1.91. The van der Waals surface area contributed by atoms with E-state index >= 15 is 0 Å². The molecule has 5 nitrogen and oxygen atoms in total. The van der Waals surface area contributed by atoms with Crippen molar-refractivity contribution in [3.63, 3.8) is 0 Å². The van der Waals surface area contributed by atoms with E-state index in [1.165, 1.54) is 5.56 Å². The summed E-state index contributed by atoms with van der Waals surface area (Å²) in [6, 6.07) is 8.86. The first-order valence-corrected chi connectivity index (χ1v) is 7.50. The molecule has 0 aliphatic carbocycles. The number of methoxy groups -OCH3 is 1. The molecule has 1 aromatic carbocycles. The van der Waals surface area contributed by atoms with E-state index in [-0.39, 0.29) is 0 Å². The molecular weight excluding hydrogens is 276 g/mol. The fourth-order valence-electron chi connectivity index (χ4n) is 3.13. The monoisotopic (exact) mass is 298 g/mol. The third-order valence-corrected chi connectivity index (χ3v) is 4.37. The van der Waals surface area contributed by atoms with Crippen LogP contribution in [0.15, 0.2) is 42.9 Å². The van der Waals surface area contributed by atoms with E-state index in [0.717, 1.165) is 24.7 Å². The summed E-state index contributed by atoms with van der Waals surface area (Å²) in [5.41, 5.74) is 1.34. The Hall–Kier alpha value is -2.14. The van der Waals surface area contributed by atoms with Crippen molar-refractivity contribution in [2.75, 3.05) is 39.2 Å². The Morgan fingerprint density at radius 3 is 2.50 bits per heavy atom. The van der Waals surface area contributed by atoms with E-state index in [1.54, 1.807) is 19.5 Å². The van der Waals surface area contributed by atoms with Crippen LogP contribution in [-0.4, -0.2) is 55.2 Å². The van der Waals surface area contributed by atoms with Gasteiger partial charge in [-0.1, -0.05) is 12.1 Å². The summed E-state index contributed by atoms with van der Waals surface area (Å²) in [6.07, 6.45) is 5.30. The van der Waals surface area contributed by atoms with E-state index < -0.39 is 0 Å². The number of nitrogens with zero attached hydrogens (tertiary/aromatic N) is 4. The summed E-state index contributed by atoms with van der Waals surface area (Å²) in [7, 11) is 5.98. The van der Waals surface area contributed by atoms with Gasteiger partial charge in [0.25, 0.3) is 0 Å². The summed E-state index contributed by atoms with van der Waals surface area (Å²) >= 11 is 0. The highest BCUT2D eigenvalue weighted by atomic mass is 16.5. The fourth-order valence-corrected chi connectivity index (χ4v) is 3.13. The quantitative estimate of drug-likeness (QED) is 0.864. The predicted molar refractivity (Wildman–Crippen MR) is 87.5 cm³/mol. The molecule has 1 saturated heterocycles. The van der Waals surface area contributed by atoms with Gasteiger partial charge in [0.2, 0.25) is 0 Å². The van der Waals surface area contributed by atoms with Gasteiger partial charge in [-0.2, -0.15) is 0 Å². The van der Waals surface area contributed by atoms with Crippen LogP contribution >= 0.6 is 0 Å². The first-order valence-electron chi connectivity index (χ1n) is 7.50. The Kier molecular flexibility index (Phi) is 4.24. The summed E-state index contributed by atoms with van der Waals surface area (Å²) in [5.74, 6) is 2.29. The van der Waals surface area contributed by atoms with Gasteiger partial charge < -0.3 is 14.5 Å². The molecule has 1 aromatic heterocycles. The molecule has 0 bridgehead atoms. The van der Waals surface area contributed by atoms with Crippen molar-refractivity contribution >= 4 is 5.82 Å². The molecular formula is C17H22N4O. The average Bonchev–Trinajstić information content (AvgIpc) is 3.01. The Balaban J connectivity index is 1.85. The van der Waals surface area contributed by atoms with Crippen molar-refractivity contribution in [1.29, 1.82) is 0 Å². The van der Waals surface area contributed by atoms with Crippen molar-refractivity contribution in [2.24, 2.45) is 0 Å². The van der Waals surface area contributed by atoms with E-state index in [9.17, 15) is 0 Å². The molecule has 3 rings (SSSR count).